The van der Waals surface area contributed by atoms with Crippen molar-refractivity contribution in [1.82, 2.24) is 15.1 Å². The summed E-state index contributed by atoms with van der Waals surface area (Å²) < 4.78 is 13.8. The molecule has 0 bridgehead atoms. The van der Waals surface area contributed by atoms with Gasteiger partial charge in [-0.25, -0.2) is 4.39 Å². The molecule has 3 aliphatic rings. The molecule has 0 spiro atoms. The molecule has 32 heavy (non-hydrogen) atoms. The number of allylic oxidation sites excluding steroid dienone is 2. The second kappa shape index (κ2) is 9.07. The van der Waals surface area contributed by atoms with Gasteiger partial charge in [-0.3, -0.25) is 33.8 Å². The van der Waals surface area contributed by atoms with Crippen LogP contribution in [0.2, 0.25) is 0 Å². The summed E-state index contributed by atoms with van der Waals surface area (Å²) in [7, 11) is 0. The predicted octanol–water partition coefficient (Wildman–Crippen LogP) is 1.93. The summed E-state index contributed by atoms with van der Waals surface area (Å²) in [5.74, 6) is -3.12. The number of nitrogens with one attached hydrogen (secondary N) is 1. The van der Waals surface area contributed by atoms with Gasteiger partial charge in [-0.05, 0) is 36.7 Å². The molecule has 2 atom stereocenters. The Morgan fingerprint density at radius 2 is 1.72 bits per heavy atom. The van der Waals surface area contributed by atoms with Gasteiger partial charge in [0.2, 0.25) is 17.7 Å². The molecule has 1 aliphatic carbocycles. The highest BCUT2D eigenvalue weighted by Crippen LogP contribution is 2.35. The number of amides is 5. The Kier molecular flexibility index (Phi) is 6.22. The second-order valence-electron chi connectivity index (χ2n) is 7.62. The fraction of sp³-hybridized carbons (Fsp3) is 0.318. The Morgan fingerprint density at radius 3 is 2.38 bits per heavy atom. The molecule has 1 aromatic carbocycles. The van der Waals surface area contributed by atoms with Crippen LogP contribution in [0.25, 0.3) is 6.08 Å². The van der Waals surface area contributed by atoms with Crippen LogP contribution in [0.3, 0.4) is 0 Å². The number of likely N-dealkylation sites (tertiary alicyclic amines) is 1. The molecule has 1 N–H and O–H groups in total. The molecule has 0 unspecified atom stereocenters. The van der Waals surface area contributed by atoms with Crippen molar-refractivity contribution < 1.29 is 28.4 Å². The predicted molar refractivity (Wildman–Crippen MR) is 114 cm³/mol. The van der Waals surface area contributed by atoms with E-state index >= 15 is 0 Å². The third-order valence-electron chi connectivity index (χ3n) is 5.62. The molecule has 0 aromatic heterocycles. The van der Waals surface area contributed by atoms with Crippen molar-refractivity contribution in [3.8, 4) is 0 Å². The number of thioether (sulfide) groups is 1. The molecule has 0 saturated carbocycles. The molecule has 2 fully saturated rings. The number of carbonyl (C=O) groups excluding carboxylic acids is 5. The van der Waals surface area contributed by atoms with Gasteiger partial charge in [0.25, 0.3) is 11.1 Å². The molecule has 2 aliphatic heterocycles. The molecular formula is C22H20FN3O5S. The maximum Gasteiger partial charge on any atom is 0.293 e. The van der Waals surface area contributed by atoms with Crippen LogP contribution in [0.1, 0.15) is 18.4 Å². The van der Waals surface area contributed by atoms with Gasteiger partial charge in [0, 0.05) is 18.7 Å². The third kappa shape index (κ3) is 4.22. The lowest BCUT2D eigenvalue weighted by atomic mass is 9.85. The van der Waals surface area contributed by atoms with Crippen LogP contribution in [-0.2, 0) is 19.2 Å². The Labute approximate surface area is 187 Å². The lowest BCUT2D eigenvalue weighted by Gasteiger charge is -2.16. The van der Waals surface area contributed by atoms with Gasteiger partial charge in [0.05, 0.1) is 16.7 Å². The Balaban J connectivity index is 1.30. The third-order valence-corrected chi connectivity index (χ3v) is 6.53. The Hall–Kier alpha value is -3.27. The smallest absolute Gasteiger partial charge is 0.293 e. The highest BCUT2D eigenvalue weighted by atomic mass is 32.2. The first kappa shape index (κ1) is 21.9. The van der Waals surface area contributed by atoms with Gasteiger partial charge in [-0.1, -0.05) is 30.4 Å². The van der Waals surface area contributed by atoms with Gasteiger partial charge in [-0.15, -0.1) is 0 Å². The first-order valence-electron chi connectivity index (χ1n) is 10.1. The van der Waals surface area contributed by atoms with Gasteiger partial charge in [0.15, 0.2) is 0 Å². The second-order valence-corrected chi connectivity index (χ2v) is 8.62. The number of benzene rings is 1. The molecule has 2 heterocycles. The minimum absolute atomic E-state index is 0.0332. The number of hydrogen-bond donors (Lipinski definition) is 1. The van der Waals surface area contributed by atoms with Crippen LogP contribution in [-0.4, -0.2) is 58.3 Å². The maximum absolute atomic E-state index is 13.8. The number of halogens is 1. The van der Waals surface area contributed by atoms with E-state index in [0.29, 0.717) is 24.6 Å². The van der Waals surface area contributed by atoms with Gasteiger partial charge >= 0.3 is 0 Å². The summed E-state index contributed by atoms with van der Waals surface area (Å²) in [5, 5.41) is 2.02. The summed E-state index contributed by atoms with van der Waals surface area (Å²) in [6, 6.07) is 5.90. The van der Waals surface area contributed by atoms with Crippen LogP contribution < -0.4 is 5.32 Å². The van der Waals surface area contributed by atoms with E-state index in [9.17, 15) is 28.4 Å². The summed E-state index contributed by atoms with van der Waals surface area (Å²) >= 11 is 0.698. The molecule has 4 rings (SSSR count). The van der Waals surface area contributed by atoms with Crippen LogP contribution in [0.4, 0.5) is 9.18 Å². The summed E-state index contributed by atoms with van der Waals surface area (Å²) in [6.07, 6.45) is 6.04. The average molecular weight is 457 g/mol. The highest BCUT2D eigenvalue weighted by molar-refractivity contribution is 8.18. The number of fused-ring (bicyclic) bond motifs is 1. The van der Waals surface area contributed by atoms with Crippen molar-refractivity contribution in [3.63, 3.8) is 0 Å². The van der Waals surface area contributed by atoms with E-state index in [4.69, 9.17) is 0 Å². The van der Waals surface area contributed by atoms with Crippen molar-refractivity contribution in [1.29, 1.82) is 0 Å². The molecule has 0 radical (unpaired) electrons. The molecule has 2 saturated heterocycles. The van der Waals surface area contributed by atoms with E-state index in [1.807, 2.05) is 12.2 Å². The summed E-state index contributed by atoms with van der Waals surface area (Å²) in [4.78, 5) is 63.8. The molecule has 5 amide bonds. The van der Waals surface area contributed by atoms with Crippen LogP contribution in [0, 0.1) is 17.7 Å². The van der Waals surface area contributed by atoms with E-state index in [2.05, 4.69) is 5.32 Å². The normalized spacial score (nSPS) is 24.0. The van der Waals surface area contributed by atoms with Crippen molar-refractivity contribution in [3.05, 3.63) is 52.7 Å². The lowest BCUT2D eigenvalue weighted by molar-refractivity contribution is -0.143. The quantitative estimate of drug-likeness (QED) is 0.398. The first-order valence-corrected chi connectivity index (χ1v) is 11.0. The van der Waals surface area contributed by atoms with Crippen molar-refractivity contribution in [2.75, 3.05) is 19.6 Å². The molecule has 1 aromatic rings. The van der Waals surface area contributed by atoms with Crippen molar-refractivity contribution >= 4 is 46.7 Å². The number of hydrogen-bond acceptors (Lipinski definition) is 6. The topological polar surface area (TPSA) is 104 Å². The van der Waals surface area contributed by atoms with Gasteiger partial charge < -0.3 is 5.32 Å². The van der Waals surface area contributed by atoms with Gasteiger partial charge in [-0.2, -0.15) is 0 Å². The zero-order valence-corrected chi connectivity index (χ0v) is 17.8. The van der Waals surface area contributed by atoms with E-state index in [1.165, 1.54) is 24.3 Å². The highest BCUT2D eigenvalue weighted by Gasteiger charge is 2.47. The van der Waals surface area contributed by atoms with E-state index in [1.54, 1.807) is 6.07 Å². The largest absolute Gasteiger partial charge is 0.353 e. The standard InChI is InChI=1S/C22H20FN3O5S/c23-16-8-4-1-5-13(16)11-17-21(30)25(22(31)32-17)10-9-24-18(27)12-26-19(28)14-6-2-3-7-15(14)20(26)29/h1-5,8,11,14-15H,6-7,9-10,12H2,(H,24,27)/b17-11-/t14-,15-/m0/s1. The molecule has 8 nitrogen and oxygen atoms in total. The maximum atomic E-state index is 13.8. The van der Waals surface area contributed by atoms with Crippen LogP contribution >= 0.6 is 11.8 Å². The minimum atomic E-state index is -0.570. The first-order chi connectivity index (χ1) is 15.4. The zero-order valence-electron chi connectivity index (χ0n) is 17.0. The monoisotopic (exact) mass is 457 g/mol. The number of carbonyl (C=O) groups is 5. The fourth-order valence-electron chi connectivity index (χ4n) is 3.96. The molecule has 166 valence electrons. The fourth-order valence-corrected chi connectivity index (χ4v) is 4.81. The van der Waals surface area contributed by atoms with E-state index in [-0.39, 0.29) is 41.9 Å². The van der Waals surface area contributed by atoms with E-state index < -0.39 is 34.7 Å². The number of nitrogens with zero attached hydrogens (tertiary/aromatic N) is 2. The van der Waals surface area contributed by atoms with E-state index in [0.717, 1.165) is 9.80 Å². The van der Waals surface area contributed by atoms with Crippen LogP contribution in [0.5, 0.6) is 0 Å². The Morgan fingerprint density at radius 1 is 1.06 bits per heavy atom. The van der Waals surface area contributed by atoms with Gasteiger partial charge in [0.1, 0.15) is 12.4 Å². The molecule has 10 heteroatoms. The van der Waals surface area contributed by atoms with Crippen molar-refractivity contribution in [2.45, 2.75) is 12.8 Å². The van der Waals surface area contributed by atoms with Crippen molar-refractivity contribution in [2.24, 2.45) is 11.8 Å². The SMILES string of the molecule is O=C(CN1C(=O)[C@H]2CC=CC[C@@H]2C1=O)NCCN1C(=O)S/C(=C\c2ccccc2F)C1=O. The molecular weight excluding hydrogens is 437 g/mol. The lowest BCUT2D eigenvalue weighted by Crippen LogP contribution is -2.43. The summed E-state index contributed by atoms with van der Waals surface area (Å²) in [5.41, 5.74) is 0.196. The minimum Gasteiger partial charge on any atom is -0.353 e. The number of imide groups is 2. The zero-order chi connectivity index (χ0) is 22.8. The summed E-state index contributed by atoms with van der Waals surface area (Å²) in [6.45, 7) is -0.504. The Bertz CT molecular complexity index is 1040. The number of rotatable bonds is 6. The van der Waals surface area contributed by atoms with Crippen LogP contribution in [0.15, 0.2) is 41.3 Å². The average Bonchev–Trinajstić information content (AvgIpc) is 3.18.